The molecule has 0 saturated heterocycles. The van der Waals surface area contributed by atoms with Crippen LogP contribution < -0.4 is 5.73 Å². The molecule has 0 amide bonds. The normalized spacial score (nSPS) is 10.6. The lowest BCUT2D eigenvalue weighted by Gasteiger charge is -1.98. The molecule has 3 aromatic rings. The maximum absolute atomic E-state index is 6.09. The molecule has 0 bridgehead atoms. The van der Waals surface area contributed by atoms with Crippen LogP contribution in [-0.4, -0.2) is 10.1 Å². The lowest BCUT2D eigenvalue weighted by Crippen LogP contribution is -1.90. The quantitative estimate of drug-likeness (QED) is 0.723. The molecule has 0 aliphatic heterocycles. The Bertz CT molecular complexity index is 664. The molecular formula is C14H10ClN3O. The Hall–Kier alpha value is -2.33. The van der Waals surface area contributed by atoms with Gasteiger partial charge >= 0.3 is 0 Å². The number of hydrogen-bond acceptors (Lipinski definition) is 4. The molecule has 0 fully saturated rings. The molecule has 3 rings (SSSR count). The van der Waals surface area contributed by atoms with Crippen molar-refractivity contribution in [2.45, 2.75) is 0 Å². The fourth-order valence-electron chi connectivity index (χ4n) is 1.78. The summed E-state index contributed by atoms with van der Waals surface area (Å²) < 4.78 is 5.24. The molecule has 5 heteroatoms. The predicted molar refractivity (Wildman–Crippen MR) is 74.6 cm³/mol. The van der Waals surface area contributed by atoms with Crippen molar-refractivity contribution < 1.29 is 4.52 Å². The highest BCUT2D eigenvalue weighted by Gasteiger charge is 2.14. The topological polar surface area (TPSA) is 64.9 Å². The Morgan fingerprint density at radius 2 is 1.63 bits per heavy atom. The van der Waals surface area contributed by atoms with Crippen LogP contribution in [0.25, 0.3) is 22.8 Å². The minimum absolute atomic E-state index is 0.379. The Labute approximate surface area is 114 Å². The summed E-state index contributed by atoms with van der Waals surface area (Å²) in [5.41, 5.74) is 7.93. The Balaban J connectivity index is 2.06. The summed E-state index contributed by atoms with van der Waals surface area (Å²) in [7, 11) is 0. The third-order valence-electron chi connectivity index (χ3n) is 2.73. The molecule has 0 aliphatic rings. The number of rotatable bonds is 2. The minimum atomic E-state index is 0.379. The molecule has 4 nitrogen and oxygen atoms in total. The zero-order valence-electron chi connectivity index (χ0n) is 9.88. The van der Waals surface area contributed by atoms with Gasteiger partial charge in [0.2, 0.25) is 5.82 Å². The number of nitrogen functional groups attached to an aromatic ring is 1. The summed E-state index contributed by atoms with van der Waals surface area (Å²) in [4.78, 5) is 4.33. The van der Waals surface area contributed by atoms with Gasteiger partial charge in [0.15, 0.2) is 0 Å². The number of hydrogen-bond donors (Lipinski definition) is 1. The van der Waals surface area contributed by atoms with Crippen molar-refractivity contribution in [3.8, 4) is 22.8 Å². The molecule has 1 aromatic heterocycles. The lowest BCUT2D eigenvalue weighted by atomic mass is 10.1. The number of benzene rings is 2. The maximum atomic E-state index is 6.09. The van der Waals surface area contributed by atoms with Crippen molar-refractivity contribution in [2.75, 3.05) is 5.73 Å². The number of nitrogens with zero attached hydrogens (tertiary/aromatic N) is 2. The summed E-state index contributed by atoms with van der Waals surface area (Å²) in [6.45, 7) is 0. The van der Waals surface area contributed by atoms with E-state index in [9.17, 15) is 0 Å². The maximum Gasteiger partial charge on any atom is 0.259 e. The van der Waals surface area contributed by atoms with Crippen molar-refractivity contribution in [1.29, 1.82) is 0 Å². The van der Waals surface area contributed by atoms with Crippen LogP contribution >= 0.6 is 11.6 Å². The number of para-hydroxylation sites is 1. The first-order chi connectivity index (χ1) is 9.25. The first-order valence-corrected chi connectivity index (χ1v) is 6.07. The molecule has 2 N–H and O–H groups in total. The average Bonchev–Trinajstić information content (AvgIpc) is 2.89. The van der Waals surface area contributed by atoms with E-state index in [1.807, 2.05) is 36.4 Å². The molecule has 0 radical (unpaired) electrons. The molecule has 0 atom stereocenters. The lowest BCUT2D eigenvalue weighted by molar-refractivity contribution is 0.432. The highest BCUT2D eigenvalue weighted by atomic mass is 35.5. The van der Waals surface area contributed by atoms with E-state index in [1.165, 1.54) is 0 Å². The summed E-state index contributed by atoms with van der Waals surface area (Å²) in [5, 5.41) is 4.51. The number of halogens is 1. The van der Waals surface area contributed by atoms with Crippen molar-refractivity contribution >= 4 is 17.3 Å². The van der Waals surface area contributed by atoms with Gasteiger partial charge in [0.1, 0.15) is 0 Å². The van der Waals surface area contributed by atoms with Gasteiger partial charge in [0, 0.05) is 11.3 Å². The van der Waals surface area contributed by atoms with E-state index < -0.39 is 0 Å². The Morgan fingerprint density at radius 1 is 0.947 bits per heavy atom. The summed E-state index contributed by atoms with van der Waals surface area (Å²) in [6.07, 6.45) is 0. The van der Waals surface area contributed by atoms with Crippen LogP contribution in [0.2, 0.25) is 5.02 Å². The van der Waals surface area contributed by atoms with Gasteiger partial charge < -0.3 is 10.3 Å². The van der Waals surface area contributed by atoms with Crippen LogP contribution in [0.3, 0.4) is 0 Å². The molecule has 94 valence electrons. The van der Waals surface area contributed by atoms with Gasteiger partial charge in [-0.15, -0.1) is 0 Å². The fourth-order valence-corrected chi connectivity index (χ4v) is 1.99. The summed E-state index contributed by atoms with van der Waals surface area (Å²) in [6, 6.07) is 14.7. The second-order valence-corrected chi connectivity index (χ2v) is 4.40. The molecule has 0 unspecified atom stereocenters. The van der Waals surface area contributed by atoms with Gasteiger partial charge in [-0.2, -0.15) is 4.98 Å². The van der Waals surface area contributed by atoms with Crippen LogP contribution in [0.1, 0.15) is 0 Å². The summed E-state index contributed by atoms with van der Waals surface area (Å²) >= 11 is 6.09. The van der Waals surface area contributed by atoms with Gasteiger partial charge in [-0.25, -0.2) is 0 Å². The smallest absolute Gasteiger partial charge is 0.259 e. The van der Waals surface area contributed by atoms with E-state index in [2.05, 4.69) is 10.1 Å². The molecule has 0 aliphatic carbocycles. The molecular weight excluding hydrogens is 262 g/mol. The van der Waals surface area contributed by atoms with E-state index in [1.54, 1.807) is 12.1 Å². The van der Waals surface area contributed by atoms with Crippen LogP contribution in [0.4, 0.5) is 5.69 Å². The van der Waals surface area contributed by atoms with Crippen LogP contribution in [0.15, 0.2) is 53.1 Å². The van der Waals surface area contributed by atoms with Gasteiger partial charge in [0.05, 0.1) is 10.6 Å². The highest BCUT2D eigenvalue weighted by molar-refractivity contribution is 6.33. The number of anilines is 1. The van der Waals surface area contributed by atoms with E-state index in [0.717, 1.165) is 5.56 Å². The van der Waals surface area contributed by atoms with Gasteiger partial charge in [0.25, 0.3) is 5.89 Å². The second-order valence-electron chi connectivity index (χ2n) is 3.99. The van der Waals surface area contributed by atoms with Crippen LogP contribution in [-0.2, 0) is 0 Å². The summed E-state index contributed by atoms with van der Waals surface area (Å²) in [5.74, 6) is 0.830. The monoisotopic (exact) mass is 271 g/mol. The van der Waals surface area contributed by atoms with Crippen molar-refractivity contribution in [3.63, 3.8) is 0 Å². The SMILES string of the molecule is Nc1ccccc1-c1noc(-c2ccccc2Cl)n1. The Morgan fingerprint density at radius 3 is 2.37 bits per heavy atom. The zero-order valence-corrected chi connectivity index (χ0v) is 10.6. The largest absolute Gasteiger partial charge is 0.398 e. The molecule has 0 saturated carbocycles. The number of nitrogens with two attached hydrogens (primary N) is 1. The molecule has 1 heterocycles. The standard InChI is InChI=1S/C14H10ClN3O/c15-11-7-3-1-5-9(11)14-17-13(18-19-14)10-6-2-4-8-12(10)16/h1-8H,16H2. The first kappa shape index (κ1) is 11.7. The van der Waals surface area contributed by atoms with Gasteiger partial charge in [-0.1, -0.05) is 41.0 Å². The zero-order chi connectivity index (χ0) is 13.2. The fraction of sp³-hybridized carbons (Fsp3) is 0. The van der Waals surface area contributed by atoms with Gasteiger partial charge in [-0.3, -0.25) is 0 Å². The van der Waals surface area contributed by atoms with Crippen molar-refractivity contribution in [2.24, 2.45) is 0 Å². The Kier molecular flexibility index (Phi) is 2.93. The van der Waals surface area contributed by atoms with E-state index in [4.69, 9.17) is 21.9 Å². The molecule has 0 spiro atoms. The van der Waals surface area contributed by atoms with Crippen LogP contribution in [0.5, 0.6) is 0 Å². The first-order valence-electron chi connectivity index (χ1n) is 5.69. The van der Waals surface area contributed by atoms with Crippen LogP contribution in [0, 0.1) is 0 Å². The highest BCUT2D eigenvalue weighted by Crippen LogP contribution is 2.29. The van der Waals surface area contributed by atoms with E-state index in [0.29, 0.717) is 28.0 Å². The minimum Gasteiger partial charge on any atom is -0.398 e. The molecule has 19 heavy (non-hydrogen) atoms. The van der Waals surface area contributed by atoms with Crippen molar-refractivity contribution in [3.05, 3.63) is 53.6 Å². The van der Waals surface area contributed by atoms with Gasteiger partial charge in [-0.05, 0) is 24.3 Å². The second kappa shape index (κ2) is 4.74. The third kappa shape index (κ3) is 2.18. The molecule has 2 aromatic carbocycles. The van der Waals surface area contributed by atoms with Crippen molar-refractivity contribution in [1.82, 2.24) is 10.1 Å². The average molecular weight is 272 g/mol. The third-order valence-corrected chi connectivity index (χ3v) is 3.06. The van der Waals surface area contributed by atoms with E-state index in [-0.39, 0.29) is 0 Å². The number of aromatic nitrogens is 2. The predicted octanol–water partition coefficient (Wildman–Crippen LogP) is 3.64. The van der Waals surface area contributed by atoms with E-state index >= 15 is 0 Å².